The van der Waals surface area contributed by atoms with Gasteiger partial charge in [-0.25, -0.2) is 0 Å². The van der Waals surface area contributed by atoms with E-state index in [1.165, 1.54) is 24.3 Å². The number of amides is 1. The number of Topliss-reactive ketones (excluding diaryl/α,β-unsaturated/α-hetero) is 1. The maximum Gasteiger partial charge on any atom is 0.290 e. The number of furan rings is 2. The molecular weight excluding hydrogens is 474 g/mol. The van der Waals surface area contributed by atoms with Gasteiger partial charge in [0.05, 0.1) is 26.1 Å². The third kappa shape index (κ3) is 3.91. The molecule has 8 nitrogen and oxygen atoms in total. The van der Waals surface area contributed by atoms with E-state index in [1.807, 2.05) is 6.07 Å². The molecule has 1 atom stereocenters. The lowest BCUT2D eigenvalue weighted by Crippen LogP contribution is -2.30. The topological polar surface area (TPSA) is 102 Å². The van der Waals surface area contributed by atoms with Crippen LogP contribution in [0, 0.1) is 0 Å². The number of carbonyl (C=O) groups excluding carboxylic acids is 2. The van der Waals surface area contributed by atoms with Gasteiger partial charge in [-0.3, -0.25) is 9.59 Å². The molecule has 1 aliphatic rings. The van der Waals surface area contributed by atoms with Crippen LogP contribution in [0.4, 0.5) is 0 Å². The zero-order chi connectivity index (χ0) is 24.7. The van der Waals surface area contributed by atoms with Gasteiger partial charge in [0.15, 0.2) is 22.9 Å². The summed E-state index contributed by atoms with van der Waals surface area (Å²) in [6.45, 7) is 0.103. The van der Waals surface area contributed by atoms with E-state index in [1.54, 1.807) is 49.6 Å². The van der Waals surface area contributed by atoms with Crippen LogP contribution in [0.3, 0.4) is 0 Å². The fraction of sp³-hybridized carbons (Fsp3) is 0.154. The molecule has 1 aliphatic heterocycles. The largest absolute Gasteiger partial charge is 0.503 e. The maximum atomic E-state index is 13.6. The van der Waals surface area contributed by atoms with Gasteiger partial charge in [-0.1, -0.05) is 23.7 Å². The SMILES string of the molecule is COc1cccc(CN2C(=O)C(O)=C(C(=O)c3cc4cc(Cl)cc(OC)c4o3)C2c2ccco2)c1. The number of carbonyl (C=O) groups is 2. The molecular formula is C26H20ClNO7. The minimum absolute atomic E-state index is 0.0743. The molecule has 0 bridgehead atoms. The van der Waals surface area contributed by atoms with Gasteiger partial charge in [0.25, 0.3) is 5.91 Å². The Kier molecular flexibility index (Phi) is 5.74. The Bertz CT molecular complexity index is 1470. The van der Waals surface area contributed by atoms with Crippen molar-refractivity contribution in [3.63, 3.8) is 0 Å². The van der Waals surface area contributed by atoms with E-state index < -0.39 is 23.5 Å². The molecule has 1 amide bonds. The molecule has 1 N–H and O–H groups in total. The highest BCUT2D eigenvalue weighted by Crippen LogP contribution is 2.41. The predicted molar refractivity (Wildman–Crippen MR) is 127 cm³/mol. The summed E-state index contributed by atoms with van der Waals surface area (Å²) in [6, 6.07) is 14.2. The average Bonchev–Trinajstić information content (AvgIpc) is 3.59. The number of hydrogen-bond acceptors (Lipinski definition) is 7. The van der Waals surface area contributed by atoms with Crippen LogP contribution in [0.15, 0.2) is 81.0 Å². The Hall–Kier alpha value is -4.17. The van der Waals surface area contributed by atoms with Gasteiger partial charge >= 0.3 is 0 Å². The molecule has 0 spiro atoms. The first-order valence-corrected chi connectivity index (χ1v) is 11.0. The van der Waals surface area contributed by atoms with E-state index >= 15 is 0 Å². The molecule has 35 heavy (non-hydrogen) atoms. The van der Waals surface area contributed by atoms with E-state index in [2.05, 4.69) is 0 Å². The van der Waals surface area contributed by atoms with Gasteiger partial charge in [0, 0.05) is 23.0 Å². The molecule has 0 radical (unpaired) electrons. The van der Waals surface area contributed by atoms with Crippen molar-refractivity contribution < 1.29 is 33.0 Å². The number of halogens is 1. The van der Waals surface area contributed by atoms with E-state index in [4.69, 9.17) is 29.9 Å². The highest BCUT2D eigenvalue weighted by Gasteiger charge is 2.46. The molecule has 0 saturated heterocycles. The predicted octanol–water partition coefficient (Wildman–Crippen LogP) is 5.47. The van der Waals surface area contributed by atoms with Crippen LogP contribution in [-0.4, -0.2) is 35.9 Å². The van der Waals surface area contributed by atoms with Crippen LogP contribution in [0.25, 0.3) is 11.0 Å². The van der Waals surface area contributed by atoms with Gasteiger partial charge in [-0.2, -0.15) is 0 Å². The number of hydrogen-bond donors (Lipinski definition) is 1. The van der Waals surface area contributed by atoms with E-state index in [-0.39, 0.29) is 17.9 Å². The van der Waals surface area contributed by atoms with Crippen LogP contribution < -0.4 is 9.47 Å². The second kappa shape index (κ2) is 8.88. The highest BCUT2D eigenvalue weighted by molar-refractivity contribution is 6.31. The standard InChI is InChI=1S/C26H20ClNO7/c1-32-17-6-3-5-14(9-17)13-28-22(18-7-4-8-34-18)21(24(30)26(28)31)23(29)19-11-15-10-16(27)12-20(33-2)25(15)35-19/h3-12,22,30H,13H2,1-2H3. The molecule has 1 unspecified atom stereocenters. The fourth-order valence-electron chi connectivity index (χ4n) is 4.24. The number of benzene rings is 2. The summed E-state index contributed by atoms with van der Waals surface area (Å²) >= 11 is 6.14. The lowest BCUT2D eigenvalue weighted by atomic mass is 9.99. The Balaban J connectivity index is 1.57. The zero-order valence-electron chi connectivity index (χ0n) is 18.8. The summed E-state index contributed by atoms with van der Waals surface area (Å²) in [5, 5.41) is 11.8. The smallest absolute Gasteiger partial charge is 0.290 e. The Morgan fingerprint density at radius 1 is 1.11 bits per heavy atom. The first-order valence-electron chi connectivity index (χ1n) is 10.6. The fourth-order valence-corrected chi connectivity index (χ4v) is 4.46. The van der Waals surface area contributed by atoms with Crippen LogP contribution in [0.1, 0.15) is 27.9 Å². The quantitative estimate of drug-likeness (QED) is 0.340. The van der Waals surface area contributed by atoms with Crippen molar-refractivity contribution in [3.05, 3.63) is 94.3 Å². The van der Waals surface area contributed by atoms with Gasteiger partial charge in [-0.05, 0) is 42.0 Å². The Morgan fingerprint density at radius 3 is 2.66 bits per heavy atom. The number of rotatable bonds is 7. The number of aliphatic hydroxyl groups excluding tert-OH is 1. The summed E-state index contributed by atoms with van der Waals surface area (Å²) in [7, 11) is 3.01. The molecule has 2 aromatic heterocycles. The maximum absolute atomic E-state index is 13.6. The third-order valence-corrected chi connectivity index (χ3v) is 6.06. The second-order valence-electron chi connectivity index (χ2n) is 7.93. The second-order valence-corrected chi connectivity index (χ2v) is 8.37. The van der Waals surface area contributed by atoms with Gasteiger partial charge in [0.1, 0.15) is 17.6 Å². The molecule has 2 aromatic carbocycles. The van der Waals surface area contributed by atoms with E-state index in [9.17, 15) is 14.7 Å². The molecule has 4 aromatic rings. The van der Waals surface area contributed by atoms with Crippen molar-refractivity contribution in [1.29, 1.82) is 0 Å². The van der Waals surface area contributed by atoms with Gasteiger partial charge in [-0.15, -0.1) is 0 Å². The molecule has 5 rings (SSSR count). The van der Waals surface area contributed by atoms with Crippen LogP contribution in [0.5, 0.6) is 11.5 Å². The first-order chi connectivity index (χ1) is 16.9. The average molecular weight is 494 g/mol. The van der Waals surface area contributed by atoms with Gasteiger partial charge < -0.3 is 28.3 Å². The Morgan fingerprint density at radius 2 is 1.94 bits per heavy atom. The van der Waals surface area contributed by atoms with Crippen LogP contribution >= 0.6 is 11.6 Å². The van der Waals surface area contributed by atoms with Crippen molar-refractivity contribution in [2.24, 2.45) is 0 Å². The van der Waals surface area contributed by atoms with Gasteiger partial charge in [0.2, 0.25) is 5.78 Å². The minimum atomic E-state index is -0.963. The lowest BCUT2D eigenvalue weighted by Gasteiger charge is -2.25. The van der Waals surface area contributed by atoms with Crippen molar-refractivity contribution in [2.75, 3.05) is 14.2 Å². The highest BCUT2D eigenvalue weighted by atomic mass is 35.5. The van der Waals surface area contributed by atoms with Crippen molar-refractivity contribution >= 4 is 34.3 Å². The molecule has 3 heterocycles. The summed E-state index contributed by atoms with van der Waals surface area (Å²) in [5.74, 6) is -0.791. The van der Waals surface area contributed by atoms with Crippen LogP contribution in [0.2, 0.25) is 5.02 Å². The Labute approximate surface area is 204 Å². The van der Waals surface area contributed by atoms with E-state index in [0.29, 0.717) is 33.3 Å². The number of nitrogens with zero attached hydrogens (tertiary/aromatic N) is 1. The number of methoxy groups -OCH3 is 2. The normalized spacial score (nSPS) is 15.8. The molecule has 0 fully saturated rings. The third-order valence-electron chi connectivity index (χ3n) is 5.84. The van der Waals surface area contributed by atoms with E-state index in [0.717, 1.165) is 5.56 Å². The van der Waals surface area contributed by atoms with Crippen molar-refractivity contribution in [3.8, 4) is 11.5 Å². The monoisotopic (exact) mass is 493 g/mol. The van der Waals surface area contributed by atoms with Crippen molar-refractivity contribution in [1.82, 2.24) is 4.90 Å². The number of fused-ring (bicyclic) bond motifs is 1. The molecule has 0 saturated carbocycles. The molecule has 0 aliphatic carbocycles. The summed E-state index contributed by atoms with van der Waals surface area (Å²) in [6.07, 6.45) is 1.44. The first kappa shape index (κ1) is 22.6. The zero-order valence-corrected chi connectivity index (χ0v) is 19.5. The molecule has 9 heteroatoms. The number of ketones is 1. The van der Waals surface area contributed by atoms with Crippen LogP contribution in [-0.2, 0) is 11.3 Å². The summed E-state index contributed by atoms with van der Waals surface area (Å²) in [5.41, 5.74) is 0.934. The van der Waals surface area contributed by atoms with Crippen molar-refractivity contribution in [2.45, 2.75) is 12.6 Å². The number of aliphatic hydroxyl groups is 1. The summed E-state index contributed by atoms with van der Waals surface area (Å²) < 4.78 is 21.9. The summed E-state index contributed by atoms with van der Waals surface area (Å²) in [4.78, 5) is 28.2. The molecule has 178 valence electrons. The minimum Gasteiger partial charge on any atom is -0.503 e. The number of ether oxygens (including phenoxy) is 2. The lowest BCUT2D eigenvalue weighted by molar-refractivity contribution is -0.130.